The Bertz CT molecular complexity index is 401. The summed E-state index contributed by atoms with van der Waals surface area (Å²) in [5.74, 6) is 0.695. The molecular weight excluding hydrogens is 234 g/mol. The van der Waals surface area contributed by atoms with Gasteiger partial charge in [0.05, 0.1) is 5.38 Å². The van der Waals surface area contributed by atoms with Crippen LogP contribution in [-0.2, 0) is 4.79 Å². The van der Waals surface area contributed by atoms with Crippen molar-refractivity contribution in [1.82, 2.24) is 0 Å². The van der Waals surface area contributed by atoms with Crippen LogP contribution in [0.1, 0.15) is 38.2 Å². The molecule has 0 bridgehead atoms. The van der Waals surface area contributed by atoms with Gasteiger partial charge in [-0.1, -0.05) is 26.0 Å². The quantitative estimate of drug-likeness (QED) is 0.753. The topological polar surface area (TPSA) is 20.3 Å². The third-order valence-electron chi connectivity index (χ3n) is 3.46. The highest BCUT2D eigenvalue weighted by Crippen LogP contribution is 2.26. The van der Waals surface area contributed by atoms with Gasteiger partial charge in [-0.3, -0.25) is 4.79 Å². The zero-order valence-electron chi connectivity index (χ0n) is 10.3. The van der Waals surface area contributed by atoms with Crippen molar-refractivity contribution in [3.8, 4) is 0 Å². The predicted octanol–water partition coefficient (Wildman–Crippen LogP) is 3.54. The highest BCUT2D eigenvalue weighted by molar-refractivity contribution is 6.24. The molecule has 1 heterocycles. The second-order valence-corrected chi connectivity index (χ2v) is 5.32. The van der Waals surface area contributed by atoms with Gasteiger partial charge in [-0.2, -0.15) is 0 Å². The maximum absolute atomic E-state index is 11.7. The summed E-state index contributed by atoms with van der Waals surface area (Å²) in [6.45, 7) is 5.02. The Balaban J connectivity index is 2.15. The molecule has 1 aromatic rings. The van der Waals surface area contributed by atoms with E-state index in [0.717, 1.165) is 12.1 Å². The average Bonchev–Trinajstić information content (AvgIpc) is 2.68. The molecule has 0 saturated carbocycles. The lowest BCUT2D eigenvalue weighted by molar-refractivity contribution is -0.117. The van der Waals surface area contributed by atoms with Gasteiger partial charge in [0.25, 0.3) is 0 Å². The Morgan fingerprint density at radius 2 is 2.06 bits per heavy atom. The van der Waals surface area contributed by atoms with Gasteiger partial charge in [0.2, 0.25) is 5.91 Å². The first kappa shape index (κ1) is 12.4. The van der Waals surface area contributed by atoms with Gasteiger partial charge in [0.15, 0.2) is 0 Å². The van der Waals surface area contributed by atoms with Crippen molar-refractivity contribution in [3.05, 3.63) is 29.8 Å². The lowest BCUT2D eigenvalue weighted by atomic mass is 9.98. The SMILES string of the molecule is CCC(C)c1ccc(N2CC(Cl)CC2=O)cc1. The number of hydrogen-bond donors (Lipinski definition) is 0. The minimum Gasteiger partial charge on any atom is -0.311 e. The molecule has 0 N–H and O–H groups in total. The number of hydrogen-bond acceptors (Lipinski definition) is 1. The van der Waals surface area contributed by atoms with Gasteiger partial charge in [-0.05, 0) is 30.0 Å². The fourth-order valence-corrected chi connectivity index (χ4v) is 2.40. The summed E-state index contributed by atoms with van der Waals surface area (Å²) in [6, 6.07) is 8.26. The molecule has 1 aliphatic rings. The number of anilines is 1. The average molecular weight is 252 g/mol. The van der Waals surface area contributed by atoms with E-state index in [1.807, 2.05) is 12.1 Å². The van der Waals surface area contributed by atoms with E-state index in [4.69, 9.17) is 11.6 Å². The van der Waals surface area contributed by atoms with Gasteiger partial charge in [-0.25, -0.2) is 0 Å². The van der Waals surface area contributed by atoms with E-state index in [9.17, 15) is 4.79 Å². The number of carbonyl (C=O) groups is 1. The monoisotopic (exact) mass is 251 g/mol. The summed E-state index contributed by atoms with van der Waals surface area (Å²) < 4.78 is 0. The first-order valence-corrected chi connectivity index (χ1v) is 6.60. The summed E-state index contributed by atoms with van der Waals surface area (Å²) in [7, 11) is 0. The minimum atomic E-state index is -0.0447. The third-order valence-corrected chi connectivity index (χ3v) is 3.76. The van der Waals surface area contributed by atoms with Crippen molar-refractivity contribution >= 4 is 23.2 Å². The molecule has 1 saturated heterocycles. The molecule has 3 heteroatoms. The first-order chi connectivity index (χ1) is 8.11. The lowest BCUT2D eigenvalue weighted by Gasteiger charge is -2.17. The lowest BCUT2D eigenvalue weighted by Crippen LogP contribution is -2.24. The van der Waals surface area contributed by atoms with Crippen LogP contribution in [0, 0.1) is 0 Å². The molecule has 2 rings (SSSR count). The number of carbonyl (C=O) groups excluding carboxylic acids is 1. The zero-order valence-corrected chi connectivity index (χ0v) is 11.1. The van der Waals surface area contributed by atoms with Crippen molar-refractivity contribution in [1.29, 1.82) is 0 Å². The van der Waals surface area contributed by atoms with E-state index in [2.05, 4.69) is 26.0 Å². The number of rotatable bonds is 3. The van der Waals surface area contributed by atoms with Crippen LogP contribution in [0.4, 0.5) is 5.69 Å². The maximum atomic E-state index is 11.7. The van der Waals surface area contributed by atoms with E-state index < -0.39 is 0 Å². The Hall–Kier alpha value is -1.02. The largest absolute Gasteiger partial charge is 0.311 e. The molecule has 2 unspecified atom stereocenters. The van der Waals surface area contributed by atoms with E-state index in [1.165, 1.54) is 5.56 Å². The Kier molecular flexibility index (Phi) is 3.72. The zero-order chi connectivity index (χ0) is 12.4. The molecule has 17 heavy (non-hydrogen) atoms. The molecule has 0 aliphatic carbocycles. The van der Waals surface area contributed by atoms with Crippen LogP contribution in [0.3, 0.4) is 0 Å². The predicted molar refractivity (Wildman–Crippen MR) is 71.8 cm³/mol. The van der Waals surface area contributed by atoms with E-state index in [1.54, 1.807) is 4.90 Å². The van der Waals surface area contributed by atoms with Crippen molar-refractivity contribution in [2.24, 2.45) is 0 Å². The summed E-state index contributed by atoms with van der Waals surface area (Å²) in [6.07, 6.45) is 1.58. The van der Waals surface area contributed by atoms with Crippen molar-refractivity contribution < 1.29 is 4.79 Å². The number of halogens is 1. The number of benzene rings is 1. The molecular formula is C14H18ClNO. The molecule has 0 aromatic heterocycles. The van der Waals surface area contributed by atoms with Gasteiger partial charge >= 0.3 is 0 Å². The fourth-order valence-electron chi connectivity index (χ4n) is 2.13. The molecule has 1 amide bonds. The van der Waals surface area contributed by atoms with E-state index in [-0.39, 0.29) is 11.3 Å². The number of nitrogens with zero attached hydrogens (tertiary/aromatic N) is 1. The second kappa shape index (κ2) is 5.09. The summed E-state index contributed by atoms with van der Waals surface area (Å²) in [4.78, 5) is 13.5. The second-order valence-electron chi connectivity index (χ2n) is 4.71. The molecule has 1 aromatic carbocycles. The van der Waals surface area contributed by atoms with Crippen LogP contribution in [0.15, 0.2) is 24.3 Å². The van der Waals surface area contributed by atoms with Gasteiger partial charge in [-0.15, -0.1) is 11.6 Å². The molecule has 1 aliphatic heterocycles. The first-order valence-electron chi connectivity index (χ1n) is 6.16. The third kappa shape index (κ3) is 2.63. The van der Waals surface area contributed by atoms with Crippen LogP contribution in [0.5, 0.6) is 0 Å². The standard InChI is InChI=1S/C14H18ClNO/c1-3-10(2)11-4-6-13(7-5-11)16-9-12(15)8-14(16)17/h4-7,10,12H,3,8-9H2,1-2H3. The fraction of sp³-hybridized carbons (Fsp3) is 0.500. The van der Waals surface area contributed by atoms with Gasteiger partial charge < -0.3 is 4.90 Å². The molecule has 0 spiro atoms. The maximum Gasteiger partial charge on any atom is 0.228 e. The summed E-state index contributed by atoms with van der Waals surface area (Å²) >= 11 is 5.99. The van der Waals surface area contributed by atoms with Crippen LogP contribution in [0.25, 0.3) is 0 Å². The smallest absolute Gasteiger partial charge is 0.228 e. The number of amides is 1. The Morgan fingerprint density at radius 1 is 1.41 bits per heavy atom. The summed E-state index contributed by atoms with van der Waals surface area (Å²) in [5, 5.41) is -0.0447. The summed E-state index contributed by atoms with van der Waals surface area (Å²) in [5.41, 5.74) is 2.29. The Morgan fingerprint density at radius 3 is 2.53 bits per heavy atom. The highest BCUT2D eigenvalue weighted by atomic mass is 35.5. The van der Waals surface area contributed by atoms with Crippen molar-refractivity contribution in [2.75, 3.05) is 11.4 Å². The Labute approximate surface area is 108 Å². The van der Waals surface area contributed by atoms with E-state index >= 15 is 0 Å². The molecule has 2 atom stereocenters. The van der Waals surface area contributed by atoms with Crippen LogP contribution >= 0.6 is 11.6 Å². The number of alkyl halides is 1. The highest BCUT2D eigenvalue weighted by Gasteiger charge is 2.28. The molecule has 2 nitrogen and oxygen atoms in total. The van der Waals surface area contributed by atoms with Crippen molar-refractivity contribution in [2.45, 2.75) is 38.0 Å². The molecule has 1 fully saturated rings. The van der Waals surface area contributed by atoms with Crippen molar-refractivity contribution in [3.63, 3.8) is 0 Å². The van der Waals surface area contributed by atoms with E-state index in [0.29, 0.717) is 18.9 Å². The van der Waals surface area contributed by atoms with Crippen LogP contribution < -0.4 is 4.90 Å². The van der Waals surface area contributed by atoms with Gasteiger partial charge in [0, 0.05) is 18.7 Å². The normalized spacial score (nSPS) is 21.9. The molecule has 0 radical (unpaired) electrons. The minimum absolute atomic E-state index is 0.0447. The van der Waals surface area contributed by atoms with Crippen LogP contribution in [-0.4, -0.2) is 17.8 Å². The van der Waals surface area contributed by atoms with Gasteiger partial charge in [0.1, 0.15) is 0 Å². The molecule has 92 valence electrons. The van der Waals surface area contributed by atoms with Crippen LogP contribution in [0.2, 0.25) is 0 Å².